The maximum atomic E-state index is 13.0. The smallest absolute Gasteiger partial charge is 0.267 e. The zero-order chi connectivity index (χ0) is 20.0. The van der Waals surface area contributed by atoms with Crippen LogP contribution in [0.1, 0.15) is 46.6 Å². The van der Waals surface area contributed by atoms with Crippen LogP contribution in [0.25, 0.3) is 5.57 Å². The van der Waals surface area contributed by atoms with Gasteiger partial charge >= 0.3 is 0 Å². The van der Waals surface area contributed by atoms with Crippen LogP contribution in [-0.4, -0.2) is 47.8 Å². The minimum Gasteiger partial charge on any atom is -0.494 e. The van der Waals surface area contributed by atoms with Crippen molar-refractivity contribution in [3.8, 4) is 5.75 Å². The second-order valence-corrected chi connectivity index (χ2v) is 8.45. The Morgan fingerprint density at radius 2 is 1.70 bits per heavy atom. The number of benzene rings is 1. The van der Waals surface area contributed by atoms with E-state index in [1.807, 2.05) is 58.9 Å². The van der Waals surface area contributed by atoms with Crippen LogP contribution < -0.4 is 4.74 Å². The number of rotatable bonds is 10. The predicted octanol–water partition coefficient (Wildman–Crippen LogP) is 4.12. The first-order chi connectivity index (χ1) is 12.8. The minimum absolute atomic E-state index is 0.138. The van der Waals surface area contributed by atoms with E-state index in [9.17, 15) is 9.59 Å². The summed E-state index contributed by atoms with van der Waals surface area (Å²) in [5.41, 5.74) is 1.24. The average molecular weight is 392 g/mol. The maximum Gasteiger partial charge on any atom is 0.267 e. The van der Waals surface area contributed by atoms with Gasteiger partial charge in [0.25, 0.3) is 11.8 Å². The Labute approximate surface area is 166 Å². The molecule has 0 atom stereocenters. The molecule has 0 saturated carbocycles. The molecule has 1 aliphatic rings. The average Bonchev–Trinajstić information content (AvgIpc) is 2.83. The number of ether oxygens (including phenoxy) is 2. The molecule has 1 heterocycles. The summed E-state index contributed by atoms with van der Waals surface area (Å²) in [5, 5.41) is 0.207. The highest BCUT2D eigenvalue weighted by Gasteiger charge is 2.39. The standard InChI is InChI=1S/C21H29NO4S/c1-6-25-17-10-8-16(9-11-17)18-19(27-15(4)5)21(24)22(20(18)23)12-7-13-26-14(2)3/h8-11,14-15H,6-7,12-13H2,1-5H3. The Balaban J connectivity index is 2.23. The molecule has 2 amide bonds. The Kier molecular flexibility index (Phi) is 7.92. The monoisotopic (exact) mass is 391 g/mol. The largest absolute Gasteiger partial charge is 0.494 e. The molecule has 0 aromatic heterocycles. The first-order valence-corrected chi connectivity index (χ1v) is 10.3. The molecule has 0 saturated heterocycles. The van der Waals surface area contributed by atoms with Crippen molar-refractivity contribution in [2.75, 3.05) is 19.8 Å². The third-order valence-electron chi connectivity index (χ3n) is 3.91. The number of imide groups is 1. The maximum absolute atomic E-state index is 13.0. The van der Waals surface area contributed by atoms with Gasteiger partial charge in [0.1, 0.15) is 5.75 Å². The highest BCUT2D eigenvalue weighted by molar-refractivity contribution is 8.04. The molecule has 1 aromatic rings. The van der Waals surface area contributed by atoms with Crippen molar-refractivity contribution < 1.29 is 19.1 Å². The van der Waals surface area contributed by atoms with E-state index in [1.54, 1.807) is 0 Å². The molecule has 0 N–H and O–H groups in total. The van der Waals surface area contributed by atoms with E-state index in [1.165, 1.54) is 16.7 Å². The molecular formula is C21H29NO4S. The van der Waals surface area contributed by atoms with E-state index in [4.69, 9.17) is 9.47 Å². The van der Waals surface area contributed by atoms with Crippen molar-refractivity contribution in [2.45, 2.75) is 52.4 Å². The van der Waals surface area contributed by atoms with Crippen LogP contribution in [0.5, 0.6) is 5.75 Å². The Morgan fingerprint density at radius 3 is 2.26 bits per heavy atom. The van der Waals surface area contributed by atoms with Gasteiger partial charge in [-0.15, -0.1) is 11.8 Å². The molecule has 6 heteroatoms. The Bertz CT molecular complexity index is 695. The molecule has 5 nitrogen and oxygen atoms in total. The zero-order valence-corrected chi connectivity index (χ0v) is 17.6. The quantitative estimate of drug-likeness (QED) is 0.443. The second kappa shape index (κ2) is 9.95. The molecule has 0 spiro atoms. The lowest BCUT2D eigenvalue weighted by atomic mass is 10.1. The van der Waals surface area contributed by atoms with Crippen molar-refractivity contribution in [2.24, 2.45) is 0 Å². The Hall–Kier alpha value is -1.79. The fourth-order valence-corrected chi connectivity index (χ4v) is 3.79. The fourth-order valence-electron chi connectivity index (χ4n) is 2.78. The summed E-state index contributed by atoms with van der Waals surface area (Å²) in [4.78, 5) is 27.8. The lowest BCUT2D eigenvalue weighted by molar-refractivity contribution is -0.136. The Morgan fingerprint density at radius 1 is 1.04 bits per heavy atom. The van der Waals surface area contributed by atoms with Gasteiger partial charge in [-0.05, 0) is 44.9 Å². The fraction of sp³-hybridized carbons (Fsp3) is 0.524. The van der Waals surface area contributed by atoms with Crippen molar-refractivity contribution in [1.82, 2.24) is 4.90 Å². The second-order valence-electron chi connectivity index (χ2n) is 6.86. The lowest BCUT2D eigenvalue weighted by Gasteiger charge is -2.16. The highest BCUT2D eigenvalue weighted by atomic mass is 32.2. The van der Waals surface area contributed by atoms with Crippen LogP contribution in [0.2, 0.25) is 0 Å². The van der Waals surface area contributed by atoms with Gasteiger partial charge in [-0.25, -0.2) is 0 Å². The number of carbonyl (C=O) groups is 2. The number of hydrogen-bond acceptors (Lipinski definition) is 5. The van der Waals surface area contributed by atoms with E-state index < -0.39 is 0 Å². The highest BCUT2D eigenvalue weighted by Crippen LogP contribution is 2.38. The molecule has 1 aromatic carbocycles. The topological polar surface area (TPSA) is 55.8 Å². The van der Waals surface area contributed by atoms with E-state index in [0.29, 0.717) is 36.7 Å². The predicted molar refractivity (Wildman–Crippen MR) is 110 cm³/mol. The number of hydrogen-bond donors (Lipinski definition) is 0. The molecule has 2 rings (SSSR count). The van der Waals surface area contributed by atoms with Crippen molar-refractivity contribution >= 4 is 29.1 Å². The number of nitrogens with zero attached hydrogens (tertiary/aromatic N) is 1. The van der Waals surface area contributed by atoms with Gasteiger partial charge in [-0.1, -0.05) is 26.0 Å². The van der Waals surface area contributed by atoms with Crippen LogP contribution >= 0.6 is 11.8 Å². The van der Waals surface area contributed by atoms with Crippen LogP contribution in [0.4, 0.5) is 0 Å². The van der Waals surface area contributed by atoms with Crippen molar-refractivity contribution in [1.29, 1.82) is 0 Å². The van der Waals surface area contributed by atoms with Gasteiger partial charge in [-0.2, -0.15) is 0 Å². The van der Waals surface area contributed by atoms with E-state index in [0.717, 1.165) is 11.3 Å². The molecule has 1 aliphatic heterocycles. The molecule has 0 bridgehead atoms. The van der Waals surface area contributed by atoms with Gasteiger partial charge in [0.15, 0.2) is 0 Å². The number of carbonyl (C=O) groups excluding carboxylic acids is 2. The lowest BCUT2D eigenvalue weighted by Crippen LogP contribution is -2.33. The summed E-state index contributed by atoms with van der Waals surface area (Å²) in [5.74, 6) is 0.323. The summed E-state index contributed by atoms with van der Waals surface area (Å²) in [7, 11) is 0. The molecule has 0 unspecified atom stereocenters. The third-order valence-corrected chi connectivity index (χ3v) is 5.00. The number of thioether (sulfide) groups is 1. The van der Waals surface area contributed by atoms with Crippen LogP contribution in [0, 0.1) is 0 Å². The van der Waals surface area contributed by atoms with Crippen LogP contribution in [0.3, 0.4) is 0 Å². The van der Waals surface area contributed by atoms with E-state index >= 15 is 0 Å². The molecule has 0 aliphatic carbocycles. The minimum atomic E-state index is -0.225. The van der Waals surface area contributed by atoms with Gasteiger partial charge in [0.2, 0.25) is 0 Å². The van der Waals surface area contributed by atoms with E-state index in [2.05, 4.69) is 0 Å². The molecule has 27 heavy (non-hydrogen) atoms. The molecule has 148 valence electrons. The van der Waals surface area contributed by atoms with Gasteiger partial charge in [0.05, 0.1) is 23.2 Å². The number of amides is 2. The zero-order valence-electron chi connectivity index (χ0n) is 16.8. The molecule has 0 fully saturated rings. The SMILES string of the molecule is CCOc1ccc(C2=C(SC(C)C)C(=O)N(CCCOC(C)C)C2=O)cc1. The third kappa shape index (κ3) is 5.59. The first kappa shape index (κ1) is 21.5. The van der Waals surface area contributed by atoms with E-state index in [-0.39, 0.29) is 23.2 Å². The van der Waals surface area contributed by atoms with Crippen LogP contribution in [-0.2, 0) is 14.3 Å². The summed E-state index contributed by atoms with van der Waals surface area (Å²) >= 11 is 1.44. The first-order valence-electron chi connectivity index (χ1n) is 9.47. The van der Waals surface area contributed by atoms with Crippen LogP contribution in [0.15, 0.2) is 29.2 Å². The summed E-state index contributed by atoms with van der Waals surface area (Å²) in [6.45, 7) is 11.4. The van der Waals surface area contributed by atoms with Gasteiger partial charge < -0.3 is 9.47 Å². The van der Waals surface area contributed by atoms with Crippen molar-refractivity contribution in [3.63, 3.8) is 0 Å². The summed E-state index contributed by atoms with van der Waals surface area (Å²) in [6.07, 6.45) is 0.769. The molecular weight excluding hydrogens is 362 g/mol. The van der Waals surface area contributed by atoms with Crippen molar-refractivity contribution in [3.05, 3.63) is 34.7 Å². The summed E-state index contributed by atoms with van der Waals surface area (Å²) < 4.78 is 11.0. The summed E-state index contributed by atoms with van der Waals surface area (Å²) in [6, 6.07) is 7.36. The molecule has 0 radical (unpaired) electrons. The van der Waals surface area contributed by atoms with Gasteiger partial charge in [0, 0.05) is 18.4 Å². The normalized spacial score (nSPS) is 14.9. The van der Waals surface area contributed by atoms with Gasteiger partial charge in [-0.3, -0.25) is 14.5 Å².